The molecular formula is C7H6N4O2. The third kappa shape index (κ3) is 1.12. The van der Waals surface area contributed by atoms with Crippen molar-refractivity contribution >= 4 is 11.7 Å². The van der Waals surface area contributed by atoms with Gasteiger partial charge in [0.1, 0.15) is 0 Å². The first-order valence-electron chi connectivity index (χ1n) is 3.63. The third-order valence-corrected chi connectivity index (χ3v) is 1.83. The van der Waals surface area contributed by atoms with Crippen molar-refractivity contribution in [2.75, 3.05) is 0 Å². The van der Waals surface area contributed by atoms with E-state index in [1.54, 1.807) is 0 Å². The van der Waals surface area contributed by atoms with Crippen LogP contribution in [0.5, 0.6) is 0 Å². The number of ketones is 1. The molecule has 6 heteroatoms. The van der Waals surface area contributed by atoms with Crippen molar-refractivity contribution in [3.63, 3.8) is 0 Å². The Kier molecular flexibility index (Phi) is 1.48. The number of nitrogens with zero attached hydrogens (tertiary/aromatic N) is 2. The minimum Gasteiger partial charge on any atom is -0.366 e. The van der Waals surface area contributed by atoms with Gasteiger partial charge in [-0.15, -0.1) is 0 Å². The van der Waals surface area contributed by atoms with Crippen molar-refractivity contribution < 1.29 is 9.59 Å². The summed E-state index contributed by atoms with van der Waals surface area (Å²) in [5.41, 5.74) is 6.05. The molecule has 0 aliphatic heterocycles. The van der Waals surface area contributed by atoms with Crippen molar-refractivity contribution in [2.45, 2.75) is 6.42 Å². The molecule has 1 amide bonds. The van der Waals surface area contributed by atoms with E-state index in [-0.39, 0.29) is 23.5 Å². The summed E-state index contributed by atoms with van der Waals surface area (Å²) >= 11 is 0. The van der Waals surface area contributed by atoms with Crippen LogP contribution in [0.1, 0.15) is 16.2 Å². The van der Waals surface area contributed by atoms with Crippen LogP contribution in [0.2, 0.25) is 0 Å². The molecule has 0 radical (unpaired) electrons. The van der Waals surface area contributed by atoms with Crippen molar-refractivity contribution in [1.29, 1.82) is 0 Å². The number of hydrogen-bond donors (Lipinski definition) is 2. The van der Waals surface area contributed by atoms with Gasteiger partial charge in [-0.25, -0.2) is 0 Å². The summed E-state index contributed by atoms with van der Waals surface area (Å²) in [6.45, 7) is 0. The van der Waals surface area contributed by atoms with E-state index in [1.807, 2.05) is 0 Å². The van der Waals surface area contributed by atoms with E-state index in [0.29, 0.717) is 5.69 Å². The van der Waals surface area contributed by atoms with Gasteiger partial charge in [-0.05, 0) is 6.08 Å². The molecule has 0 atom stereocenters. The molecule has 0 aromatic carbocycles. The number of nitrogens with one attached hydrogen (secondary N) is 1. The van der Waals surface area contributed by atoms with Crippen LogP contribution in [0.25, 0.3) is 0 Å². The van der Waals surface area contributed by atoms with Crippen LogP contribution >= 0.6 is 0 Å². The zero-order valence-corrected chi connectivity index (χ0v) is 6.57. The second-order valence-corrected chi connectivity index (χ2v) is 2.69. The number of carbonyl (C=O) groups is 2. The fourth-order valence-corrected chi connectivity index (χ4v) is 1.19. The summed E-state index contributed by atoms with van der Waals surface area (Å²) in [7, 11) is 0. The Balaban J connectivity index is 2.45. The molecule has 66 valence electrons. The molecule has 1 aromatic heterocycles. The average Bonchev–Trinajstić information content (AvgIpc) is 2.51. The Labute approximate surface area is 72.8 Å². The highest BCUT2D eigenvalue weighted by Gasteiger charge is 2.23. The first-order valence-corrected chi connectivity index (χ1v) is 3.63. The van der Waals surface area contributed by atoms with Crippen molar-refractivity contribution in [1.82, 2.24) is 15.4 Å². The maximum Gasteiger partial charge on any atom is 0.245 e. The molecule has 2 rings (SSSR count). The molecule has 0 saturated carbocycles. The lowest BCUT2D eigenvalue weighted by Gasteiger charge is -2.05. The summed E-state index contributed by atoms with van der Waals surface area (Å²) in [5, 5.41) is 9.71. The van der Waals surface area contributed by atoms with Gasteiger partial charge < -0.3 is 5.73 Å². The molecule has 13 heavy (non-hydrogen) atoms. The lowest BCUT2D eigenvalue weighted by Crippen LogP contribution is -2.21. The van der Waals surface area contributed by atoms with Crippen LogP contribution in [0, 0.1) is 0 Å². The van der Waals surface area contributed by atoms with Crippen LogP contribution in [0.4, 0.5) is 0 Å². The summed E-state index contributed by atoms with van der Waals surface area (Å²) in [4.78, 5) is 22.0. The Morgan fingerprint density at radius 2 is 2.31 bits per heavy atom. The number of fused-ring (bicyclic) bond motifs is 1. The molecule has 1 aliphatic rings. The fourth-order valence-electron chi connectivity index (χ4n) is 1.19. The Bertz CT molecular complexity index is 418. The second kappa shape index (κ2) is 2.51. The van der Waals surface area contributed by atoms with Gasteiger partial charge >= 0.3 is 0 Å². The SMILES string of the molecule is NC(=O)C1=CC(=O)c2n[nH]nc2C1. The van der Waals surface area contributed by atoms with E-state index in [1.165, 1.54) is 6.08 Å². The zero-order chi connectivity index (χ0) is 9.42. The summed E-state index contributed by atoms with van der Waals surface area (Å²) in [5.74, 6) is -0.925. The predicted molar refractivity (Wildman–Crippen MR) is 41.7 cm³/mol. The van der Waals surface area contributed by atoms with Gasteiger partial charge in [0.2, 0.25) is 11.7 Å². The van der Waals surface area contributed by atoms with Gasteiger partial charge in [0.25, 0.3) is 0 Å². The topological polar surface area (TPSA) is 102 Å². The van der Waals surface area contributed by atoms with Crippen LogP contribution < -0.4 is 5.73 Å². The maximum atomic E-state index is 11.3. The highest BCUT2D eigenvalue weighted by Crippen LogP contribution is 2.15. The number of rotatable bonds is 1. The summed E-state index contributed by atoms with van der Waals surface area (Å²) < 4.78 is 0. The molecule has 1 aromatic rings. The van der Waals surface area contributed by atoms with Gasteiger partial charge in [-0.3, -0.25) is 9.59 Å². The minimum atomic E-state index is -0.595. The number of hydrogen-bond acceptors (Lipinski definition) is 4. The number of H-pyrrole nitrogens is 1. The summed E-state index contributed by atoms with van der Waals surface area (Å²) in [6, 6.07) is 0. The molecule has 0 unspecified atom stereocenters. The van der Waals surface area contributed by atoms with E-state index in [0.717, 1.165) is 0 Å². The molecule has 0 saturated heterocycles. The van der Waals surface area contributed by atoms with Gasteiger partial charge in [-0.1, -0.05) is 0 Å². The van der Waals surface area contributed by atoms with Gasteiger partial charge in [0, 0.05) is 12.0 Å². The molecule has 6 nitrogen and oxygen atoms in total. The minimum absolute atomic E-state index is 0.269. The first-order chi connectivity index (χ1) is 6.18. The largest absolute Gasteiger partial charge is 0.366 e. The fraction of sp³-hybridized carbons (Fsp3) is 0.143. The predicted octanol–water partition coefficient (Wildman–Crippen LogP) is -1.04. The van der Waals surface area contributed by atoms with E-state index in [4.69, 9.17) is 5.73 Å². The molecule has 3 N–H and O–H groups in total. The van der Waals surface area contributed by atoms with Crippen molar-refractivity contribution in [3.8, 4) is 0 Å². The number of carbonyl (C=O) groups excluding carboxylic acids is 2. The standard InChI is InChI=1S/C7H6N4O2/c8-7(13)3-1-4-6(5(12)2-3)10-11-9-4/h2H,1H2,(H2,8,13)(H,9,10,11). The molecule has 1 aliphatic carbocycles. The van der Waals surface area contributed by atoms with Crippen LogP contribution in [0.15, 0.2) is 11.6 Å². The Hall–Kier alpha value is -1.98. The Morgan fingerprint density at radius 1 is 1.54 bits per heavy atom. The van der Waals surface area contributed by atoms with E-state index in [9.17, 15) is 9.59 Å². The van der Waals surface area contributed by atoms with E-state index >= 15 is 0 Å². The smallest absolute Gasteiger partial charge is 0.245 e. The highest BCUT2D eigenvalue weighted by molar-refractivity contribution is 6.10. The molecule has 0 bridgehead atoms. The van der Waals surface area contributed by atoms with E-state index in [2.05, 4.69) is 15.4 Å². The average molecular weight is 178 g/mol. The van der Waals surface area contributed by atoms with Gasteiger partial charge in [0.15, 0.2) is 5.69 Å². The first kappa shape index (κ1) is 7.66. The number of nitrogens with two attached hydrogens (primary N) is 1. The lowest BCUT2D eigenvalue weighted by molar-refractivity contribution is -0.114. The highest BCUT2D eigenvalue weighted by atomic mass is 16.1. The number of aromatic nitrogens is 3. The lowest BCUT2D eigenvalue weighted by atomic mass is 9.99. The zero-order valence-electron chi connectivity index (χ0n) is 6.57. The van der Waals surface area contributed by atoms with Crippen LogP contribution in [-0.4, -0.2) is 27.1 Å². The maximum absolute atomic E-state index is 11.3. The van der Waals surface area contributed by atoms with Crippen LogP contribution in [-0.2, 0) is 11.2 Å². The van der Waals surface area contributed by atoms with Gasteiger partial charge in [-0.2, -0.15) is 15.4 Å². The normalized spacial score (nSPS) is 15.1. The van der Waals surface area contributed by atoms with Crippen LogP contribution in [0.3, 0.4) is 0 Å². The molecular weight excluding hydrogens is 172 g/mol. The Morgan fingerprint density at radius 3 is 3.00 bits per heavy atom. The number of primary amides is 1. The third-order valence-electron chi connectivity index (χ3n) is 1.83. The summed E-state index contributed by atoms with van der Waals surface area (Å²) in [6.07, 6.45) is 1.47. The molecule has 1 heterocycles. The van der Waals surface area contributed by atoms with E-state index < -0.39 is 5.91 Å². The van der Waals surface area contributed by atoms with Crippen molar-refractivity contribution in [3.05, 3.63) is 23.0 Å². The quantitative estimate of drug-likeness (QED) is 0.573. The molecule has 0 spiro atoms. The second-order valence-electron chi connectivity index (χ2n) is 2.69. The van der Waals surface area contributed by atoms with Crippen molar-refractivity contribution in [2.24, 2.45) is 5.73 Å². The molecule has 0 fully saturated rings. The number of allylic oxidation sites excluding steroid dienone is 1. The monoisotopic (exact) mass is 178 g/mol. The van der Waals surface area contributed by atoms with Gasteiger partial charge in [0.05, 0.1) is 5.69 Å². The number of amides is 1. The number of aromatic amines is 1.